The van der Waals surface area contributed by atoms with Crippen LogP contribution in [0.5, 0.6) is 5.75 Å². The van der Waals surface area contributed by atoms with Crippen LogP contribution in [0.2, 0.25) is 0 Å². The van der Waals surface area contributed by atoms with E-state index in [4.69, 9.17) is 4.74 Å². The van der Waals surface area contributed by atoms with E-state index in [0.29, 0.717) is 5.75 Å². The minimum absolute atomic E-state index is 0.386. The minimum atomic E-state index is -0.611. The third-order valence-electron chi connectivity index (χ3n) is 2.24. The average Bonchev–Trinajstić information content (AvgIpc) is 2.30. The standard InChI is InChI=1S/C12H17NO3/c1-5-10-11(7-6-8(2)13-10)16-9(3)12(14)15-4/h6-7,9H,5H2,1-4H3. The van der Waals surface area contributed by atoms with Crippen LogP contribution in [0.4, 0.5) is 0 Å². The SMILES string of the molecule is CCc1nc(C)ccc1OC(C)C(=O)OC. The van der Waals surface area contributed by atoms with Crippen molar-refractivity contribution in [2.75, 3.05) is 7.11 Å². The Balaban J connectivity index is 2.84. The Morgan fingerprint density at radius 1 is 1.50 bits per heavy atom. The van der Waals surface area contributed by atoms with Gasteiger partial charge in [0.1, 0.15) is 5.75 Å². The number of carbonyl (C=O) groups excluding carboxylic acids is 1. The number of aryl methyl sites for hydroxylation is 2. The van der Waals surface area contributed by atoms with Crippen molar-refractivity contribution < 1.29 is 14.3 Å². The Hall–Kier alpha value is -1.58. The first-order chi connectivity index (χ1) is 7.58. The third-order valence-corrected chi connectivity index (χ3v) is 2.24. The summed E-state index contributed by atoms with van der Waals surface area (Å²) in [6, 6.07) is 3.69. The zero-order valence-corrected chi connectivity index (χ0v) is 10.1. The minimum Gasteiger partial charge on any atom is -0.477 e. The molecule has 4 nitrogen and oxygen atoms in total. The molecule has 0 bridgehead atoms. The van der Waals surface area contributed by atoms with E-state index in [1.54, 1.807) is 6.92 Å². The van der Waals surface area contributed by atoms with Gasteiger partial charge < -0.3 is 9.47 Å². The predicted molar refractivity (Wildman–Crippen MR) is 60.5 cm³/mol. The molecule has 1 heterocycles. The number of nitrogens with zero attached hydrogens (tertiary/aromatic N) is 1. The van der Waals surface area contributed by atoms with Gasteiger partial charge >= 0.3 is 5.97 Å². The molecule has 1 aromatic heterocycles. The number of rotatable bonds is 4. The van der Waals surface area contributed by atoms with E-state index in [2.05, 4.69) is 9.72 Å². The van der Waals surface area contributed by atoms with Crippen molar-refractivity contribution >= 4 is 5.97 Å². The maximum atomic E-state index is 11.2. The predicted octanol–water partition coefficient (Wildman–Crippen LogP) is 1.89. The van der Waals surface area contributed by atoms with Gasteiger partial charge in [-0.3, -0.25) is 4.98 Å². The van der Waals surface area contributed by atoms with Crippen LogP contribution >= 0.6 is 0 Å². The summed E-state index contributed by atoms with van der Waals surface area (Å²) in [4.78, 5) is 15.6. The van der Waals surface area contributed by atoms with Gasteiger partial charge in [-0.2, -0.15) is 0 Å². The fourth-order valence-corrected chi connectivity index (χ4v) is 1.36. The molecule has 0 aliphatic rings. The maximum Gasteiger partial charge on any atom is 0.346 e. The molecule has 1 unspecified atom stereocenters. The molecule has 0 fully saturated rings. The van der Waals surface area contributed by atoms with Gasteiger partial charge in [0.15, 0.2) is 6.10 Å². The molecular formula is C12H17NO3. The molecule has 16 heavy (non-hydrogen) atoms. The zero-order valence-electron chi connectivity index (χ0n) is 10.1. The van der Waals surface area contributed by atoms with Crippen molar-refractivity contribution in [2.24, 2.45) is 0 Å². The first kappa shape index (κ1) is 12.5. The van der Waals surface area contributed by atoms with Crippen LogP contribution in [0, 0.1) is 6.92 Å². The number of hydrogen-bond acceptors (Lipinski definition) is 4. The monoisotopic (exact) mass is 223 g/mol. The van der Waals surface area contributed by atoms with Crippen LogP contribution in [0.1, 0.15) is 25.2 Å². The molecule has 0 amide bonds. The normalized spacial score (nSPS) is 12.0. The van der Waals surface area contributed by atoms with Crippen LogP contribution in [0.15, 0.2) is 12.1 Å². The van der Waals surface area contributed by atoms with E-state index >= 15 is 0 Å². The zero-order chi connectivity index (χ0) is 12.1. The van der Waals surface area contributed by atoms with Crippen LogP contribution in [-0.4, -0.2) is 24.2 Å². The molecule has 88 valence electrons. The van der Waals surface area contributed by atoms with Crippen molar-refractivity contribution in [1.82, 2.24) is 4.98 Å². The molecule has 0 spiro atoms. The van der Waals surface area contributed by atoms with E-state index in [0.717, 1.165) is 17.8 Å². The first-order valence-corrected chi connectivity index (χ1v) is 5.29. The fourth-order valence-electron chi connectivity index (χ4n) is 1.36. The van der Waals surface area contributed by atoms with Gasteiger partial charge in [-0.25, -0.2) is 4.79 Å². The molecule has 1 rings (SSSR count). The molecule has 0 aromatic carbocycles. The number of pyridine rings is 1. The highest BCUT2D eigenvalue weighted by Gasteiger charge is 2.16. The second-order valence-electron chi connectivity index (χ2n) is 3.53. The van der Waals surface area contributed by atoms with Crippen molar-refractivity contribution in [2.45, 2.75) is 33.3 Å². The number of methoxy groups -OCH3 is 1. The van der Waals surface area contributed by atoms with Crippen molar-refractivity contribution in [3.8, 4) is 5.75 Å². The summed E-state index contributed by atoms with van der Waals surface area (Å²) in [7, 11) is 1.34. The highest BCUT2D eigenvalue weighted by Crippen LogP contribution is 2.19. The Morgan fingerprint density at radius 2 is 2.19 bits per heavy atom. The molecular weight excluding hydrogens is 206 g/mol. The molecule has 0 aliphatic heterocycles. The van der Waals surface area contributed by atoms with Crippen molar-refractivity contribution in [1.29, 1.82) is 0 Å². The Kier molecular flexibility index (Phi) is 4.28. The Labute approximate surface area is 95.6 Å². The molecule has 0 saturated carbocycles. The summed E-state index contributed by atoms with van der Waals surface area (Å²) in [6.07, 6.45) is 0.157. The lowest BCUT2D eigenvalue weighted by Gasteiger charge is -2.14. The maximum absolute atomic E-state index is 11.2. The van der Waals surface area contributed by atoms with E-state index < -0.39 is 6.10 Å². The summed E-state index contributed by atoms with van der Waals surface area (Å²) in [6.45, 7) is 5.58. The largest absolute Gasteiger partial charge is 0.477 e. The molecule has 1 atom stereocenters. The fraction of sp³-hybridized carbons (Fsp3) is 0.500. The lowest BCUT2D eigenvalue weighted by atomic mass is 10.2. The van der Waals surface area contributed by atoms with Crippen molar-refractivity contribution in [3.63, 3.8) is 0 Å². The van der Waals surface area contributed by atoms with Gasteiger partial charge in [0.25, 0.3) is 0 Å². The molecule has 0 radical (unpaired) electrons. The van der Waals surface area contributed by atoms with Gasteiger partial charge in [0.05, 0.1) is 12.8 Å². The Bertz CT molecular complexity index is 377. The van der Waals surface area contributed by atoms with E-state index in [9.17, 15) is 4.79 Å². The highest BCUT2D eigenvalue weighted by molar-refractivity contribution is 5.74. The number of ether oxygens (including phenoxy) is 2. The van der Waals surface area contributed by atoms with Crippen LogP contribution in [0.25, 0.3) is 0 Å². The number of esters is 1. The average molecular weight is 223 g/mol. The Morgan fingerprint density at radius 3 is 2.75 bits per heavy atom. The van der Waals surface area contributed by atoms with Gasteiger partial charge in [-0.15, -0.1) is 0 Å². The van der Waals surface area contributed by atoms with E-state index in [-0.39, 0.29) is 5.97 Å². The summed E-state index contributed by atoms with van der Waals surface area (Å²) in [5.41, 5.74) is 1.80. The quantitative estimate of drug-likeness (QED) is 0.731. The molecule has 0 aliphatic carbocycles. The van der Waals surface area contributed by atoms with Crippen molar-refractivity contribution in [3.05, 3.63) is 23.5 Å². The first-order valence-electron chi connectivity index (χ1n) is 5.29. The van der Waals surface area contributed by atoms with Crippen LogP contribution in [-0.2, 0) is 16.0 Å². The third kappa shape index (κ3) is 2.95. The van der Waals surface area contributed by atoms with Gasteiger partial charge in [0, 0.05) is 5.69 Å². The van der Waals surface area contributed by atoms with Crippen LogP contribution in [0.3, 0.4) is 0 Å². The van der Waals surface area contributed by atoms with E-state index in [1.165, 1.54) is 7.11 Å². The van der Waals surface area contributed by atoms with Gasteiger partial charge in [0.2, 0.25) is 0 Å². The van der Waals surface area contributed by atoms with E-state index in [1.807, 2.05) is 26.0 Å². The molecule has 0 N–H and O–H groups in total. The second kappa shape index (κ2) is 5.49. The smallest absolute Gasteiger partial charge is 0.346 e. The highest BCUT2D eigenvalue weighted by atomic mass is 16.6. The van der Waals surface area contributed by atoms with Crippen LogP contribution < -0.4 is 4.74 Å². The summed E-state index contributed by atoms with van der Waals surface area (Å²) in [5, 5.41) is 0. The lowest BCUT2D eigenvalue weighted by molar-refractivity contribution is -0.147. The lowest BCUT2D eigenvalue weighted by Crippen LogP contribution is -2.25. The second-order valence-corrected chi connectivity index (χ2v) is 3.53. The number of hydrogen-bond donors (Lipinski definition) is 0. The summed E-state index contributed by atoms with van der Waals surface area (Å²) < 4.78 is 10.1. The summed E-state index contributed by atoms with van der Waals surface area (Å²) in [5.74, 6) is 0.258. The molecule has 1 aromatic rings. The van der Waals surface area contributed by atoms with Gasteiger partial charge in [-0.1, -0.05) is 6.92 Å². The molecule has 0 saturated heterocycles. The topological polar surface area (TPSA) is 48.4 Å². The molecule has 4 heteroatoms. The number of carbonyl (C=O) groups is 1. The summed E-state index contributed by atoms with van der Waals surface area (Å²) >= 11 is 0. The number of aromatic nitrogens is 1. The van der Waals surface area contributed by atoms with Gasteiger partial charge in [-0.05, 0) is 32.4 Å².